The van der Waals surface area contributed by atoms with Crippen molar-refractivity contribution in [3.8, 4) is 0 Å². The SMILES string of the molecule is CCCCc1ccc(S(=O)(=O)c2ccc(CN(Cc3ccc(S(=O)(=O)c4cncc(Cl)c4)cc3)C(=O)c3cc4cnccc4[nH]3)cc2)cc1.Cc1cc(F)cc(S(=O)(=O)c2ccc(CNC(=O)c3cnc4[nH]ncc4c3)cc2)c1. The average molecular weight is 1140 g/mol. The molecule has 402 valence electrons. The number of sulfone groups is 3. The highest BCUT2D eigenvalue weighted by Gasteiger charge is 2.24. The van der Waals surface area contributed by atoms with Gasteiger partial charge in [0.1, 0.15) is 11.5 Å². The molecule has 5 aromatic heterocycles. The number of aromatic amines is 2. The Hall–Kier alpha value is -8.43. The Kier molecular flexibility index (Phi) is 16.6. The number of aryl methyl sites for hydroxylation is 2. The van der Waals surface area contributed by atoms with Gasteiger partial charge in [0.2, 0.25) is 29.5 Å². The number of carbonyl (C=O) groups is 2. The normalized spacial score (nSPS) is 11.7. The second-order valence-electron chi connectivity index (χ2n) is 18.5. The predicted octanol–water partition coefficient (Wildman–Crippen LogP) is 10.6. The Morgan fingerprint density at radius 2 is 1.19 bits per heavy atom. The van der Waals surface area contributed by atoms with Gasteiger partial charge in [0.15, 0.2) is 5.65 Å². The third kappa shape index (κ3) is 13.0. The molecule has 16 nitrogen and oxygen atoms in total. The number of pyridine rings is 3. The van der Waals surface area contributed by atoms with E-state index in [1.807, 2.05) is 12.1 Å². The molecule has 0 saturated carbocycles. The summed E-state index contributed by atoms with van der Waals surface area (Å²) in [5.41, 5.74) is 5.85. The van der Waals surface area contributed by atoms with Crippen LogP contribution in [0, 0.1) is 12.7 Å². The summed E-state index contributed by atoms with van der Waals surface area (Å²) in [6, 6.07) is 36.1. The van der Waals surface area contributed by atoms with Crippen molar-refractivity contribution in [2.45, 2.75) is 82.1 Å². The van der Waals surface area contributed by atoms with E-state index >= 15 is 0 Å². The smallest absolute Gasteiger partial charge is 0.270 e. The van der Waals surface area contributed by atoms with Crippen LogP contribution in [0.15, 0.2) is 206 Å². The van der Waals surface area contributed by atoms with Gasteiger partial charge in [-0.1, -0.05) is 73.5 Å². The molecule has 21 heteroatoms. The first kappa shape index (κ1) is 55.3. The number of hydrogen-bond acceptors (Lipinski definition) is 12. The molecule has 3 N–H and O–H groups in total. The van der Waals surface area contributed by atoms with Crippen LogP contribution in [0.5, 0.6) is 0 Å². The molecule has 0 fully saturated rings. The number of amides is 2. The van der Waals surface area contributed by atoms with Gasteiger partial charge in [-0.25, -0.2) is 34.6 Å². The van der Waals surface area contributed by atoms with Gasteiger partial charge >= 0.3 is 0 Å². The molecule has 5 aromatic carbocycles. The number of H-pyrrole nitrogens is 2. The quantitative estimate of drug-likeness (QED) is 0.0772. The van der Waals surface area contributed by atoms with Crippen LogP contribution < -0.4 is 5.32 Å². The maximum atomic E-state index is 13.9. The van der Waals surface area contributed by atoms with Crippen LogP contribution in [0.25, 0.3) is 21.9 Å². The van der Waals surface area contributed by atoms with Crippen molar-refractivity contribution in [2.75, 3.05) is 0 Å². The molecular formula is C58H50ClFN8O8S3. The van der Waals surface area contributed by atoms with E-state index in [0.717, 1.165) is 52.7 Å². The van der Waals surface area contributed by atoms with Crippen molar-refractivity contribution in [3.05, 3.63) is 227 Å². The van der Waals surface area contributed by atoms with Gasteiger partial charge in [0.05, 0.1) is 46.2 Å². The number of unbranched alkanes of at least 4 members (excludes halogenated alkanes) is 1. The van der Waals surface area contributed by atoms with E-state index < -0.39 is 35.3 Å². The van der Waals surface area contributed by atoms with Crippen LogP contribution in [0.3, 0.4) is 0 Å². The van der Waals surface area contributed by atoms with Gasteiger partial charge in [-0.05, 0) is 139 Å². The zero-order valence-electron chi connectivity index (χ0n) is 42.5. The molecule has 0 aliphatic carbocycles. The average Bonchev–Trinajstić information content (AvgIpc) is 4.18. The summed E-state index contributed by atoms with van der Waals surface area (Å²) >= 11 is 5.97. The van der Waals surface area contributed by atoms with Gasteiger partial charge in [0, 0.05) is 66.9 Å². The van der Waals surface area contributed by atoms with Gasteiger partial charge in [-0.2, -0.15) is 5.10 Å². The molecule has 5 heterocycles. The van der Waals surface area contributed by atoms with Crippen LogP contribution in [0.4, 0.5) is 4.39 Å². The summed E-state index contributed by atoms with van der Waals surface area (Å²) in [6.45, 7) is 4.27. The Labute approximate surface area is 460 Å². The molecule has 10 aromatic rings. The number of carbonyl (C=O) groups excluding carboxylic acids is 2. The predicted molar refractivity (Wildman–Crippen MR) is 296 cm³/mol. The standard InChI is InChI=1S/C37H33ClN4O5S2.C21H17FN4O3S/c1-2-3-4-26-5-11-31(12-6-26)48(44,45)32-13-7-27(8-14-32)24-42(37(43)36-19-29-21-39-18-17-35(29)41-36)25-28-9-15-33(16-10-28)49(46,47)34-20-30(38)22-40-23-34;1-13-6-17(22)9-19(7-13)30(28,29)18-4-2-14(3-5-18)10-24-21(27)16-8-15-12-25-26-20(15)23-11-16/h5-23,41H,2-4,24-25H2,1H3;2-9,11-12H,10H2,1H3,(H,24,27)(H,23,25,26). The number of halogens is 2. The summed E-state index contributed by atoms with van der Waals surface area (Å²) in [6.07, 6.45) is 11.9. The lowest BCUT2D eigenvalue weighted by molar-refractivity contribution is 0.0724. The summed E-state index contributed by atoms with van der Waals surface area (Å²) in [5.74, 6) is -1.20. The van der Waals surface area contributed by atoms with Crippen molar-refractivity contribution < 1.29 is 39.2 Å². The molecule has 0 aliphatic rings. The highest BCUT2D eigenvalue weighted by molar-refractivity contribution is 7.92. The minimum Gasteiger partial charge on any atom is -0.350 e. The maximum absolute atomic E-state index is 13.9. The number of hydrogen-bond donors (Lipinski definition) is 3. The Balaban J connectivity index is 0.000000215. The largest absolute Gasteiger partial charge is 0.350 e. The van der Waals surface area contributed by atoms with E-state index in [0.29, 0.717) is 33.6 Å². The van der Waals surface area contributed by atoms with E-state index in [2.05, 4.69) is 42.4 Å². The second-order valence-corrected chi connectivity index (χ2v) is 24.8. The van der Waals surface area contributed by atoms with Crippen LogP contribution >= 0.6 is 11.6 Å². The molecule has 0 aliphatic heterocycles. The van der Waals surface area contributed by atoms with Crippen molar-refractivity contribution >= 4 is 74.9 Å². The van der Waals surface area contributed by atoms with Gasteiger partial charge in [-0.3, -0.25) is 24.7 Å². The third-order valence-electron chi connectivity index (χ3n) is 12.8. The number of rotatable bonds is 17. The first-order valence-corrected chi connectivity index (χ1v) is 29.5. The lowest BCUT2D eigenvalue weighted by Crippen LogP contribution is -2.30. The third-order valence-corrected chi connectivity index (χ3v) is 18.2. The van der Waals surface area contributed by atoms with E-state index in [1.165, 1.54) is 61.1 Å². The molecule has 0 bridgehead atoms. The minimum atomic E-state index is -3.86. The number of aromatic nitrogens is 6. The number of fused-ring (bicyclic) bond motifs is 2. The molecule has 0 unspecified atom stereocenters. The van der Waals surface area contributed by atoms with Gasteiger partial charge < -0.3 is 15.2 Å². The summed E-state index contributed by atoms with van der Waals surface area (Å²) in [4.78, 5) is 43.6. The lowest BCUT2D eigenvalue weighted by atomic mass is 10.1. The Morgan fingerprint density at radius 1 is 0.608 bits per heavy atom. The first-order chi connectivity index (χ1) is 37.9. The van der Waals surface area contributed by atoms with Gasteiger partial charge in [0.25, 0.3) is 11.8 Å². The van der Waals surface area contributed by atoms with Gasteiger partial charge in [-0.15, -0.1) is 0 Å². The molecule has 10 rings (SSSR count). The molecule has 0 saturated heterocycles. The fraction of sp³-hybridized carbons (Fsp3) is 0.138. The zero-order chi connectivity index (χ0) is 55.9. The zero-order valence-corrected chi connectivity index (χ0v) is 45.7. The van der Waals surface area contributed by atoms with Crippen LogP contribution in [0.2, 0.25) is 5.02 Å². The number of benzene rings is 5. The minimum absolute atomic E-state index is 0.0210. The molecule has 79 heavy (non-hydrogen) atoms. The van der Waals surface area contributed by atoms with E-state index in [1.54, 1.807) is 109 Å². The maximum Gasteiger partial charge on any atom is 0.270 e. The van der Waals surface area contributed by atoms with E-state index in [9.17, 15) is 39.2 Å². The van der Waals surface area contributed by atoms with Crippen molar-refractivity contribution in [2.24, 2.45) is 0 Å². The highest BCUT2D eigenvalue weighted by Crippen LogP contribution is 2.27. The second kappa shape index (κ2) is 23.7. The summed E-state index contributed by atoms with van der Waals surface area (Å²) in [5, 5.41) is 11.1. The van der Waals surface area contributed by atoms with E-state index in [4.69, 9.17) is 11.6 Å². The van der Waals surface area contributed by atoms with Crippen LogP contribution in [-0.2, 0) is 55.6 Å². The topological polar surface area (TPSA) is 235 Å². The first-order valence-electron chi connectivity index (χ1n) is 24.7. The number of nitrogens with one attached hydrogen (secondary N) is 3. The fourth-order valence-electron chi connectivity index (χ4n) is 8.50. The van der Waals surface area contributed by atoms with E-state index in [-0.39, 0.29) is 65.8 Å². The molecular weight excluding hydrogens is 1090 g/mol. The highest BCUT2D eigenvalue weighted by atomic mass is 35.5. The van der Waals surface area contributed by atoms with Crippen LogP contribution in [0.1, 0.15) is 68.4 Å². The summed E-state index contributed by atoms with van der Waals surface area (Å²) in [7, 11) is -11.4. The van der Waals surface area contributed by atoms with Crippen molar-refractivity contribution in [3.63, 3.8) is 0 Å². The Morgan fingerprint density at radius 3 is 1.77 bits per heavy atom. The van der Waals surface area contributed by atoms with Crippen molar-refractivity contribution in [1.82, 2.24) is 40.3 Å². The van der Waals surface area contributed by atoms with Crippen LogP contribution in [-0.4, -0.2) is 72.1 Å². The molecule has 2 amide bonds. The molecule has 0 spiro atoms. The summed E-state index contributed by atoms with van der Waals surface area (Å²) < 4.78 is 92.2. The molecule has 0 atom stereocenters. The Bertz CT molecular complexity index is 4150. The lowest BCUT2D eigenvalue weighted by Gasteiger charge is -2.23. The monoisotopic (exact) mass is 1140 g/mol. The fourth-order valence-corrected chi connectivity index (χ4v) is 12.6. The van der Waals surface area contributed by atoms with Crippen molar-refractivity contribution in [1.29, 1.82) is 0 Å². The number of nitrogens with zero attached hydrogens (tertiary/aromatic N) is 5. The molecule has 0 radical (unpaired) electrons.